The average molecular weight is 155 g/mol. The first-order chi connectivity index (χ1) is 3.66. The lowest BCUT2D eigenvalue weighted by molar-refractivity contribution is 0.583. The van der Waals surface area contributed by atoms with Crippen molar-refractivity contribution in [3.05, 3.63) is 0 Å². The van der Waals surface area contributed by atoms with E-state index in [1.54, 1.807) is 0 Å². The minimum absolute atomic E-state index is 0.164. The SMILES string of the molecule is CC(C)C[C@@H](Cl)CCl. The van der Waals surface area contributed by atoms with Crippen LogP contribution in [-0.2, 0) is 0 Å². The molecule has 0 rings (SSSR count). The molecule has 0 aliphatic heterocycles. The molecule has 0 aromatic heterocycles. The summed E-state index contributed by atoms with van der Waals surface area (Å²) in [5.74, 6) is 1.23. The van der Waals surface area contributed by atoms with Crippen molar-refractivity contribution < 1.29 is 0 Å². The van der Waals surface area contributed by atoms with Gasteiger partial charge in [-0.3, -0.25) is 0 Å². The van der Waals surface area contributed by atoms with Crippen LogP contribution in [0.1, 0.15) is 20.3 Å². The number of hydrogen-bond acceptors (Lipinski definition) is 0. The van der Waals surface area contributed by atoms with Crippen LogP contribution in [0.25, 0.3) is 0 Å². The van der Waals surface area contributed by atoms with Crippen molar-refractivity contribution in [2.24, 2.45) is 5.92 Å². The molecule has 1 atom stereocenters. The second-order valence-electron chi connectivity index (χ2n) is 2.38. The van der Waals surface area contributed by atoms with Gasteiger partial charge in [0.15, 0.2) is 0 Å². The standard InChI is InChI=1S/C6H12Cl2/c1-5(2)3-6(8)4-7/h5-6H,3-4H2,1-2H3/t6-/m1/s1. The van der Waals surface area contributed by atoms with E-state index in [-0.39, 0.29) is 5.38 Å². The van der Waals surface area contributed by atoms with Gasteiger partial charge in [-0.15, -0.1) is 23.2 Å². The van der Waals surface area contributed by atoms with Crippen molar-refractivity contribution in [2.75, 3.05) is 5.88 Å². The zero-order valence-electron chi connectivity index (χ0n) is 5.32. The molecule has 0 aromatic carbocycles. The van der Waals surface area contributed by atoms with Crippen LogP contribution in [-0.4, -0.2) is 11.3 Å². The molecular weight excluding hydrogens is 143 g/mol. The first-order valence-corrected chi connectivity index (χ1v) is 3.84. The highest BCUT2D eigenvalue weighted by Crippen LogP contribution is 2.11. The van der Waals surface area contributed by atoms with Gasteiger partial charge in [-0.2, -0.15) is 0 Å². The van der Waals surface area contributed by atoms with Crippen LogP contribution in [0.15, 0.2) is 0 Å². The average Bonchev–Trinajstić information content (AvgIpc) is 1.65. The van der Waals surface area contributed by atoms with Gasteiger partial charge >= 0.3 is 0 Å². The summed E-state index contributed by atoms with van der Waals surface area (Å²) in [7, 11) is 0. The van der Waals surface area contributed by atoms with Gasteiger partial charge in [-0.25, -0.2) is 0 Å². The van der Waals surface area contributed by atoms with E-state index in [1.165, 1.54) is 0 Å². The van der Waals surface area contributed by atoms with E-state index in [0.717, 1.165) is 6.42 Å². The van der Waals surface area contributed by atoms with Crippen LogP contribution in [0.5, 0.6) is 0 Å². The summed E-state index contributed by atoms with van der Waals surface area (Å²) in [4.78, 5) is 0. The molecule has 0 nitrogen and oxygen atoms in total. The fourth-order valence-corrected chi connectivity index (χ4v) is 1.06. The third-order valence-electron chi connectivity index (χ3n) is 0.895. The molecule has 0 fully saturated rings. The molecule has 8 heavy (non-hydrogen) atoms. The van der Waals surface area contributed by atoms with Crippen molar-refractivity contribution >= 4 is 23.2 Å². The van der Waals surface area contributed by atoms with Gasteiger partial charge in [-0.05, 0) is 12.3 Å². The van der Waals surface area contributed by atoms with Crippen LogP contribution in [0, 0.1) is 5.92 Å². The van der Waals surface area contributed by atoms with Crippen molar-refractivity contribution in [1.82, 2.24) is 0 Å². The van der Waals surface area contributed by atoms with Crippen LogP contribution in [0.4, 0.5) is 0 Å². The van der Waals surface area contributed by atoms with Gasteiger partial charge < -0.3 is 0 Å². The molecule has 0 amide bonds. The molecule has 50 valence electrons. The Bertz CT molecular complexity index is 52.5. The summed E-state index contributed by atoms with van der Waals surface area (Å²) >= 11 is 11.2. The molecule has 0 N–H and O–H groups in total. The lowest BCUT2D eigenvalue weighted by atomic mass is 10.1. The van der Waals surface area contributed by atoms with Gasteiger partial charge in [0.2, 0.25) is 0 Å². The first-order valence-electron chi connectivity index (χ1n) is 2.86. The topological polar surface area (TPSA) is 0 Å². The fourth-order valence-electron chi connectivity index (χ4n) is 0.575. The van der Waals surface area contributed by atoms with E-state index < -0.39 is 0 Å². The number of hydrogen-bond donors (Lipinski definition) is 0. The summed E-state index contributed by atoms with van der Waals surface area (Å²) in [5.41, 5.74) is 0. The lowest BCUT2D eigenvalue weighted by Gasteiger charge is -2.06. The van der Waals surface area contributed by atoms with Gasteiger partial charge in [0.05, 0.1) is 0 Å². The molecule has 0 aliphatic rings. The highest BCUT2D eigenvalue weighted by atomic mass is 35.5. The Balaban J connectivity index is 3.10. The molecule has 0 aliphatic carbocycles. The molecular formula is C6H12Cl2. The first kappa shape index (κ1) is 8.58. The molecule has 2 heteroatoms. The van der Waals surface area contributed by atoms with Crippen molar-refractivity contribution in [1.29, 1.82) is 0 Å². The van der Waals surface area contributed by atoms with Gasteiger partial charge in [0, 0.05) is 11.3 Å². The molecule has 0 saturated carbocycles. The minimum atomic E-state index is 0.164. The molecule has 0 bridgehead atoms. The predicted molar refractivity (Wildman–Crippen MR) is 39.8 cm³/mol. The number of halogens is 2. The van der Waals surface area contributed by atoms with Gasteiger partial charge in [0.1, 0.15) is 0 Å². The van der Waals surface area contributed by atoms with Crippen molar-refractivity contribution in [2.45, 2.75) is 25.6 Å². The highest BCUT2D eigenvalue weighted by Gasteiger charge is 2.03. The maximum atomic E-state index is 5.73. The van der Waals surface area contributed by atoms with E-state index in [1.807, 2.05) is 0 Å². The summed E-state index contributed by atoms with van der Waals surface area (Å²) in [6.45, 7) is 4.28. The largest absolute Gasteiger partial charge is 0.125 e. The Hall–Kier alpha value is 0.580. The third kappa shape index (κ3) is 4.73. The van der Waals surface area contributed by atoms with E-state index in [4.69, 9.17) is 23.2 Å². The van der Waals surface area contributed by atoms with Crippen LogP contribution >= 0.6 is 23.2 Å². The molecule has 0 unspecified atom stereocenters. The number of alkyl halides is 2. The summed E-state index contributed by atoms with van der Waals surface area (Å²) < 4.78 is 0. The Kier molecular flexibility index (Phi) is 4.78. The molecule has 0 radical (unpaired) electrons. The van der Waals surface area contributed by atoms with Gasteiger partial charge in [0.25, 0.3) is 0 Å². The van der Waals surface area contributed by atoms with Crippen molar-refractivity contribution in [3.8, 4) is 0 Å². The predicted octanol–water partition coefficient (Wildman–Crippen LogP) is 2.88. The Morgan fingerprint density at radius 2 is 1.88 bits per heavy atom. The van der Waals surface area contributed by atoms with E-state index in [2.05, 4.69) is 13.8 Å². The van der Waals surface area contributed by atoms with E-state index >= 15 is 0 Å². The van der Waals surface area contributed by atoms with E-state index in [0.29, 0.717) is 11.8 Å². The third-order valence-corrected chi connectivity index (χ3v) is 1.76. The van der Waals surface area contributed by atoms with Crippen LogP contribution < -0.4 is 0 Å². The molecule has 0 spiro atoms. The normalized spacial score (nSPS) is 14.6. The second-order valence-corrected chi connectivity index (χ2v) is 3.31. The zero-order chi connectivity index (χ0) is 6.57. The molecule has 0 heterocycles. The number of rotatable bonds is 3. The van der Waals surface area contributed by atoms with Crippen molar-refractivity contribution in [3.63, 3.8) is 0 Å². The highest BCUT2D eigenvalue weighted by molar-refractivity contribution is 6.28. The lowest BCUT2D eigenvalue weighted by Crippen LogP contribution is -2.03. The summed E-state index contributed by atoms with van der Waals surface area (Å²) in [5, 5.41) is 0.164. The Morgan fingerprint density at radius 1 is 1.38 bits per heavy atom. The van der Waals surface area contributed by atoms with Crippen LogP contribution in [0.3, 0.4) is 0 Å². The molecule has 0 aromatic rings. The summed E-state index contributed by atoms with van der Waals surface area (Å²) in [6, 6.07) is 0. The Labute approximate surface area is 61.2 Å². The minimum Gasteiger partial charge on any atom is -0.125 e. The maximum Gasteiger partial charge on any atom is 0.0473 e. The van der Waals surface area contributed by atoms with Crippen LogP contribution in [0.2, 0.25) is 0 Å². The molecule has 0 saturated heterocycles. The van der Waals surface area contributed by atoms with E-state index in [9.17, 15) is 0 Å². The second kappa shape index (κ2) is 4.46. The summed E-state index contributed by atoms with van der Waals surface area (Å²) in [6.07, 6.45) is 1.02. The Morgan fingerprint density at radius 3 is 2.00 bits per heavy atom. The maximum absolute atomic E-state index is 5.73. The van der Waals surface area contributed by atoms with Gasteiger partial charge in [-0.1, -0.05) is 13.8 Å². The monoisotopic (exact) mass is 154 g/mol. The zero-order valence-corrected chi connectivity index (χ0v) is 6.84. The smallest absolute Gasteiger partial charge is 0.0473 e. The quantitative estimate of drug-likeness (QED) is 0.549. The fraction of sp³-hybridized carbons (Fsp3) is 1.00.